The summed E-state index contributed by atoms with van der Waals surface area (Å²) < 4.78 is 42.1. The molecule has 1 unspecified atom stereocenters. The smallest absolute Gasteiger partial charge is 0.310 e. The van der Waals surface area contributed by atoms with E-state index in [1.165, 1.54) is 5.56 Å². The molecule has 2 heterocycles. The lowest BCUT2D eigenvalue weighted by Gasteiger charge is -2.32. The van der Waals surface area contributed by atoms with Crippen molar-refractivity contribution in [3.63, 3.8) is 0 Å². The van der Waals surface area contributed by atoms with Gasteiger partial charge in [0.1, 0.15) is 34.5 Å². The second-order valence-electron chi connectivity index (χ2n) is 14.8. The minimum Gasteiger partial charge on any atom is -0.572 e. The number of aromatic nitrogens is 3. The van der Waals surface area contributed by atoms with E-state index in [9.17, 15) is 8.42 Å². The molecule has 0 spiro atoms. The van der Waals surface area contributed by atoms with E-state index >= 15 is 4.79 Å². The lowest BCUT2D eigenvalue weighted by molar-refractivity contribution is -0.741. The molecule has 1 aliphatic carbocycles. The van der Waals surface area contributed by atoms with Crippen molar-refractivity contribution in [3.8, 4) is 5.69 Å². The molecule has 1 aromatic heterocycles. The van der Waals surface area contributed by atoms with E-state index < -0.39 is 21.9 Å². The van der Waals surface area contributed by atoms with E-state index in [-0.39, 0.29) is 35.9 Å². The summed E-state index contributed by atoms with van der Waals surface area (Å²) in [4.78, 5) is 15.6. The molecule has 5 aromatic carbocycles. The highest BCUT2D eigenvalue weighted by molar-refractivity contribution is 7.94. The predicted molar refractivity (Wildman–Crippen MR) is 214 cm³/mol. The van der Waals surface area contributed by atoms with Gasteiger partial charge >= 0.3 is 11.6 Å². The largest absolute Gasteiger partial charge is 0.572 e. The Morgan fingerprint density at radius 1 is 0.909 bits per heavy atom. The highest BCUT2D eigenvalue weighted by Gasteiger charge is 2.48. The third-order valence-electron chi connectivity index (χ3n) is 11.0. The van der Waals surface area contributed by atoms with E-state index in [0.29, 0.717) is 22.9 Å². The zero-order valence-electron chi connectivity index (χ0n) is 31.5. The fraction of sp³-hybridized carbons (Fsp3) is 0.239. The Morgan fingerprint density at radius 2 is 1.58 bits per heavy atom. The van der Waals surface area contributed by atoms with Gasteiger partial charge in [-0.3, -0.25) is 4.79 Å². The van der Waals surface area contributed by atoms with Crippen LogP contribution in [-0.2, 0) is 27.8 Å². The number of allylic oxidation sites excluding steroid dienone is 1. The van der Waals surface area contributed by atoms with E-state index in [0.717, 1.165) is 45.5 Å². The van der Waals surface area contributed by atoms with Gasteiger partial charge in [0, 0.05) is 29.8 Å². The maximum Gasteiger partial charge on any atom is 0.310 e. The third kappa shape index (κ3) is 6.72. The van der Waals surface area contributed by atoms with Crippen molar-refractivity contribution in [1.82, 2.24) is 9.78 Å². The maximum atomic E-state index is 15.4. The SMILES string of the molecule is C=CC(c1ccccc1[N-]S(=O)(=O)c1ccc(C)cc1)[C@H](CC(=O)c1n(-c2c(C)cc(C)cc2C)nc2[n+]1[C@H]1c3ccccc3C[C@H]1OC2)c1ccccc1. The zero-order chi connectivity index (χ0) is 38.4. The Bertz CT molecular complexity index is 2520. The average Bonchev–Trinajstić information content (AvgIpc) is 3.74. The summed E-state index contributed by atoms with van der Waals surface area (Å²) in [6, 6.07) is 36.2. The van der Waals surface area contributed by atoms with E-state index in [1.807, 2.05) is 72.3 Å². The summed E-state index contributed by atoms with van der Waals surface area (Å²) in [7, 11) is -4.04. The molecular formula is C46H44N4O4S. The Balaban J connectivity index is 1.26. The average molecular weight is 749 g/mol. The van der Waals surface area contributed by atoms with Crippen molar-refractivity contribution >= 4 is 21.5 Å². The van der Waals surface area contributed by atoms with Gasteiger partial charge in [0.15, 0.2) is 0 Å². The van der Waals surface area contributed by atoms with Crippen LogP contribution in [0.1, 0.15) is 85.2 Å². The van der Waals surface area contributed by atoms with Gasteiger partial charge in [-0.15, -0.1) is 12.3 Å². The lowest BCUT2D eigenvalue weighted by atomic mass is 9.78. The molecule has 4 atom stereocenters. The fourth-order valence-corrected chi connectivity index (χ4v) is 9.62. The topological polar surface area (TPSA) is 96.2 Å². The Kier molecular flexibility index (Phi) is 9.61. The Morgan fingerprint density at radius 3 is 2.31 bits per heavy atom. The van der Waals surface area contributed by atoms with E-state index in [2.05, 4.69) is 60.9 Å². The van der Waals surface area contributed by atoms with Gasteiger partial charge in [0.05, 0.1) is 4.90 Å². The molecule has 2 aliphatic rings. The number of ether oxygens (including phenoxy) is 1. The van der Waals surface area contributed by atoms with Gasteiger partial charge in [-0.25, -0.2) is 13.0 Å². The van der Waals surface area contributed by atoms with Crippen molar-refractivity contribution in [1.29, 1.82) is 0 Å². The summed E-state index contributed by atoms with van der Waals surface area (Å²) >= 11 is 0. The van der Waals surface area contributed by atoms with Gasteiger partial charge in [-0.05, 0) is 67.6 Å². The van der Waals surface area contributed by atoms with Crippen LogP contribution in [0.5, 0.6) is 0 Å². The number of ketones is 1. The maximum absolute atomic E-state index is 15.4. The predicted octanol–water partition coefficient (Wildman–Crippen LogP) is 9.16. The van der Waals surface area contributed by atoms with Gasteiger partial charge in [0.2, 0.25) is 5.78 Å². The molecule has 0 saturated heterocycles. The van der Waals surface area contributed by atoms with Crippen molar-refractivity contribution in [2.45, 2.75) is 76.0 Å². The molecule has 6 aromatic rings. The molecule has 0 saturated carbocycles. The summed E-state index contributed by atoms with van der Waals surface area (Å²) in [5.41, 5.74) is 9.26. The number of aryl methyl sites for hydroxylation is 4. The first-order valence-corrected chi connectivity index (χ1v) is 20.1. The van der Waals surface area contributed by atoms with Crippen LogP contribution in [0.15, 0.2) is 133 Å². The van der Waals surface area contributed by atoms with Crippen LogP contribution in [-0.4, -0.2) is 30.1 Å². The lowest BCUT2D eigenvalue weighted by Crippen LogP contribution is -2.55. The molecule has 55 heavy (non-hydrogen) atoms. The molecule has 0 N–H and O–H groups in total. The molecule has 0 amide bonds. The van der Waals surface area contributed by atoms with Crippen molar-refractivity contribution in [2.24, 2.45) is 0 Å². The number of sulfonamides is 1. The molecule has 0 fully saturated rings. The normalized spacial score (nSPS) is 17.1. The standard InChI is InChI=1S/C46H44N4O4S/c1-6-36(38-18-12-13-19-40(38)48-55(52,53)35-22-20-29(2)21-23-35)39(33-14-8-7-9-15-33)27-41(51)46-49-43(47-50(46)44-31(4)24-30(3)25-32(44)5)28-54-42-26-34-16-10-11-17-37(34)45(42)49/h6-25,36,39,42,45H,1,26-28H2,2-5H3/t36?,39-,42-,45+/m1/s1. The Hall–Kier alpha value is -5.64. The number of hydrogen-bond acceptors (Lipinski definition) is 5. The molecule has 9 heteroatoms. The van der Waals surface area contributed by atoms with Crippen LogP contribution in [0.3, 0.4) is 0 Å². The van der Waals surface area contributed by atoms with Gasteiger partial charge < -0.3 is 9.46 Å². The van der Waals surface area contributed by atoms with Gasteiger partial charge in [0.25, 0.3) is 0 Å². The zero-order valence-corrected chi connectivity index (χ0v) is 32.3. The second kappa shape index (κ2) is 14.5. The monoisotopic (exact) mass is 748 g/mol. The first-order valence-electron chi connectivity index (χ1n) is 18.7. The number of rotatable bonds is 11. The van der Waals surface area contributed by atoms with Crippen LogP contribution in [0.25, 0.3) is 10.4 Å². The minimum atomic E-state index is -4.04. The van der Waals surface area contributed by atoms with Crippen LogP contribution >= 0.6 is 0 Å². The van der Waals surface area contributed by atoms with Crippen molar-refractivity contribution < 1.29 is 22.5 Å². The molecule has 278 valence electrons. The molecule has 8 nitrogen and oxygen atoms in total. The number of benzene rings is 5. The van der Waals surface area contributed by atoms with Crippen LogP contribution in [0.4, 0.5) is 5.69 Å². The fourth-order valence-electron chi connectivity index (χ4n) is 8.61. The van der Waals surface area contributed by atoms with Gasteiger partial charge in [-0.2, -0.15) is 0 Å². The first kappa shape index (κ1) is 36.3. The van der Waals surface area contributed by atoms with Crippen LogP contribution in [0.2, 0.25) is 0 Å². The van der Waals surface area contributed by atoms with Gasteiger partial charge in [-0.1, -0.05) is 131 Å². The number of nitrogens with zero attached hydrogens (tertiary/aromatic N) is 4. The second-order valence-corrected chi connectivity index (χ2v) is 16.4. The van der Waals surface area contributed by atoms with Crippen LogP contribution < -0.4 is 4.57 Å². The quantitative estimate of drug-likeness (QED) is 0.0748. The van der Waals surface area contributed by atoms with Crippen molar-refractivity contribution in [3.05, 3.63) is 189 Å². The summed E-state index contributed by atoms with van der Waals surface area (Å²) in [6.07, 6.45) is 2.53. The molecule has 0 bridgehead atoms. The third-order valence-corrected chi connectivity index (χ3v) is 12.3. The molecule has 0 radical (unpaired) electrons. The number of hydrogen-bond donors (Lipinski definition) is 0. The Labute approximate surface area is 323 Å². The highest BCUT2D eigenvalue weighted by atomic mass is 32.2. The number of carbonyl (C=O) groups excluding carboxylic acids is 1. The summed E-state index contributed by atoms with van der Waals surface area (Å²) in [5.74, 6) is 0.204. The number of Topliss-reactive ketones (excluding diaryl/α,β-unsaturated/α-hetero) is 1. The first-order chi connectivity index (χ1) is 26.5. The van der Waals surface area contributed by atoms with Crippen LogP contribution in [0, 0.1) is 27.7 Å². The number of carbonyl (C=O) groups is 1. The molecular weight excluding hydrogens is 705 g/mol. The van der Waals surface area contributed by atoms with E-state index in [4.69, 9.17) is 9.84 Å². The van der Waals surface area contributed by atoms with E-state index in [1.54, 1.807) is 36.4 Å². The number of fused-ring (bicyclic) bond motifs is 5. The highest BCUT2D eigenvalue weighted by Crippen LogP contribution is 2.44. The summed E-state index contributed by atoms with van der Waals surface area (Å²) in [6.45, 7) is 12.6. The minimum absolute atomic E-state index is 0.0920. The molecule has 8 rings (SSSR count). The molecule has 1 aliphatic heterocycles. The summed E-state index contributed by atoms with van der Waals surface area (Å²) in [5, 5.41) is 5.15. The van der Waals surface area contributed by atoms with Crippen molar-refractivity contribution in [2.75, 3.05) is 0 Å².